The summed E-state index contributed by atoms with van der Waals surface area (Å²) in [4.78, 5) is 24.7. The summed E-state index contributed by atoms with van der Waals surface area (Å²) < 4.78 is 10.8. The van der Waals surface area contributed by atoms with Crippen molar-refractivity contribution in [2.45, 2.75) is 457 Å². The average Bonchev–Trinajstić information content (AvgIpc) is 3.65. The number of ether oxygens (including phenoxy) is 2. The fraction of sp³-hybridized carbons (Fsp3) is 0.820. The topological polar surface area (TPSA) is 72.8 Å². The summed E-state index contributed by atoms with van der Waals surface area (Å²) in [6, 6.07) is 0. The number of aliphatic hydroxyl groups excluding tert-OH is 1. The molecule has 0 aliphatic carbocycles. The molecule has 0 fully saturated rings. The lowest BCUT2D eigenvalue weighted by Crippen LogP contribution is -2.28. The predicted octanol–water partition coefficient (Wildman–Crippen LogP) is 29.9. The first-order valence-electron chi connectivity index (χ1n) is 42.1. The van der Waals surface area contributed by atoms with Crippen molar-refractivity contribution in [3.8, 4) is 0 Å². The van der Waals surface area contributed by atoms with Gasteiger partial charge in [0.15, 0.2) is 6.10 Å². The van der Waals surface area contributed by atoms with Crippen molar-refractivity contribution in [3.63, 3.8) is 0 Å². The van der Waals surface area contributed by atoms with E-state index in [0.29, 0.717) is 12.8 Å². The quantitative estimate of drug-likeness (QED) is 0.0373. The van der Waals surface area contributed by atoms with Gasteiger partial charge in [0.1, 0.15) is 6.61 Å². The summed E-state index contributed by atoms with van der Waals surface area (Å²) in [5.74, 6) is -0.568. The lowest BCUT2D eigenvalue weighted by atomic mass is 10.0. The molecule has 0 bridgehead atoms. The summed E-state index contributed by atoms with van der Waals surface area (Å²) in [6.07, 6.45) is 120. The lowest BCUT2D eigenvalue weighted by molar-refractivity contribution is -0.161. The molecule has 94 heavy (non-hydrogen) atoms. The van der Waals surface area contributed by atoms with Gasteiger partial charge in [-0.1, -0.05) is 452 Å². The zero-order valence-corrected chi connectivity index (χ0v) is 63.2. The van der Waals surface area contributed by atoms with Crippen LogP contribution in [0.2, 0.25) is 0 Å². The van der Waals surface area contributed by atoms with Crippen LogP contribution in [0, 0.1) is 0 Å². The maximum Gasteiger partial charge on any atom is 0.306 e. The normalized spacial score (nSPS) is 12.6. The van der Waals surface area contributed by atoms with Gasteiger partial charge < -0.3 is 14.6 Å². The molecule has 1 N–H and O–H groups in total. The number of unbranched alkanes of at least 4 members (excludes halogenated alkanes) is 57. The highest BCUT2D eigenvalue weighted by atomic mass is 16.6. The Morgan fingerprint density at radius 3 is 0.691 bits per heavy atom. The first kappa shape index (κ1) is 91.1. The third-order valence-corrected chi connectivity index (χ3v) is 19.2. The number of aliphatic hydroxyl groups is 1. The molecule has 0 aromatic carbocycles. The minimum Gasteiger partial charge on any atom is -0.462 e. The largest absolute Gasteiger partial charge is 0.462 e. The summed E-state index contributed by atoms with van der Waals surface area (Å²) in [6.45, 7) is 4.09. The number of hydrogen-bond acceptors (Lipinski definition) is 5. The molecule has 0 aliphatic heterocycles. The first-order valence-corrected chi connectivity index (χ1v) is 42.1. The molecule has 1 atom stereocenters. The van der Waals surface area contributed by atoms with Gasteiger partial charge in [-0.3, -0.25) is 9.59 Å². The van der Waals surface area contributed by atoms with Crippen molar-refractivity contribution in [2.75, 3.05) is 13.2 Å². The van der Waals surface area contributed by atoms with Gasteiger partial charge in [0, 0.05) is 12.8 Å². The van der Waals surface area contributed by atoms with Gasteiger partial charge in [-0.25, -0.2) is 0 Å². The molecule has 0 aromatic rings. The summed E-state index contributed by atoms with van der Waals surface area (Å²) in [5.41, 5.74) is 0. The van der Waals surface area contributed by atoms with Crippen LogP contribution in [0.4, 0.5) is 0 Å². The number of esters is 2. The summed E-state index contributed by atoms with van der Waals surface area (Å²) in [7, 11) is 0. The first-order chi connectivity index (χ1) is 46.6. The number of allylic oxidation sites excluding steroid dienone is 14. The fourth-order valence-corrected chi connectivity index (χ4v) is 13.0. The van der Waals surface area contributed by atoms with E-state index < -0.39 is 6.10 Å². The molecule has 1 unspecified atom stereocenters. The van der Waals surface area contributed by atoms with Crippen molar-refractivity contribution in [1.82, 2.24) is 0 Å². The van der Waals surface area contributed by atoms with Gasteiger partial charge in [-0.05, 0) is 70.6 Å². The van der Waals surface area contributed by atoms with E-state index in [1.54, 1.807) is 0 Å². The van der Waals surface area contributed by atoms with Crippen LogP contribution in [0.3, 0.4) is 0 Å². The Hall–Kier alpha value is -2.92. The minimum atomic E-state index is -0.774. The van der Waals surface area contributed by atoms with E-state index in [2.05, 4.69) is 98.9 Å². The van der Waals surface area contributed by atoms with E-state index in [-0.39, 0.29) is 25.2 Å². The highest BCUT2D eigenvalue weighted by Crippen LogP contribution is 2.20. The minimum absolute atomic E-state index is 0.0619. The number of carbonyl (C=O) groups excluding carboxylic acids is 2. The van der Waals surface area contributed by atoms with Gasteiger partial charge in [-0.2, -0.15) is 0 Å². The van der Waals surface area contributed by atoms with E-state index in [1.165, 1.54) is 347 Å². The van der Waals surface area contributed by atoms with E-state index in [0.717, 1.165) is 77.0 Å². The Kier molecular flexibility index (Phi) is 81.7. The third kappa shape index (κ3) is 81.5. The Morgan fingerprint density at radius 2 is 0.457 bits per heavy atom. The number of hydrogen-bond donors (Lipinski definition) is 1. The molecule has 0 aromatic heterocycles. The predicted molar refractivity (Wildman–Crippen MR) is 417 cm³/mol. The van der Waals surface area contributed by atoms with Crippen molar-refractivity contribution in [3.05, 3.63) is 85.1 Å². The van der Waals surface area contributed by atoms with E-state index in [4.69, 9.17) is 9.47 Å². The smallest absolute Gasteiger partial charge is 0.306 e. The Bertz CT molecular complexity index is 1680. The van der Waals surface area contributed by atoms with Crippen LogP contribution < -0.4 is 0 Å². The molecule has 5 heteroatoms. The van der Waals surface area contributed by atoms with E-state index in [1.807, 2.05) is 0 Å². The Morgan fingerprint density at radius 1 is 0.255 bits per heavy atom. The number of rotatable bonds is 79. The zero-order valence-electron chi connectivity index (χ0n) is 63.2. The van der Waals surface area contributed by atoms with Crippen molar-refractivity contribution in [1.29, 1.82) is 0 Å². The third-order valence-electron chi connectivity index (χ3n) is 19.2. The van der Waals surface area contributed by atoms with Crippen molar-refractivity contribution in [2.24, 2.45) is 0 Å². The van der Waals surface area contributed by atoms with Crippen LogP contribution in [-0.4, -0.2) is 36.4 Å². The maximum absolute atomic E-state index is 12.4. The summed E-state index contributed by atoms with van der Waals surface area (Å²) >= 11 is 0. The molecule has 0 heterocycles. The second-order valence-corrected chi connectivity index (χ2v) is 28.5. The van der Waals surface area contributed by atoms with Gasteiger partial charge >= 0.3 is 11.9 Å². The molecule has 0 spiro atoms. The highest BCUT2D eigenvalue weighted by Gasteiger charge is 2.16. The van der Waals surface area contributed by atoms with Crippen LogP contribution >= 0.6 is 0 Å². The van der Waals surface area contributed by atoms with Crippen molar-refractivity contribution >= 4 is 11.9 Å². The summed E-state index contributed by atoms with van der Waals surface area (Å²) in [5, 5.41) is 9.74. The molecule has 5 nitrogen and oxygen atoms in total. The highest BCUT2D eigenvalue weighted by molar-refractivity contribution is 5.70. The molecule has 0 amide bonds. The molecule has 0 saturated heterocycles. The SMILES string of the molecule is CC/C=C\C/C=C\C/C=C\C/C=C\C/C=C\C/C=C\C/C=C\CCCCCCCCCCCCCCCCCCCC(=O)OC(CO)COC(=O)CCCCCCCCCCCCCCCCCCCCCCCCCCCCCCCCCCCCCCCCCCC. The molecule has 0 aliphatic rings. The Labute approximate surface area is 587 Å². The van der Waals surface area contributed by atoms with Gasteiger partial charge in [-0.15, -0.1) is 0 Å². The van der Waals surface area contributed by atoms with Gasteiger partial charge in [0.2, 0.25) is 0 Å². The standard InChI is InChI=1S/C89H162O5/c1-3-5-7-9-11-13-15-17-19-21-23-25-27-29-31-33-35-37-39-41-43-44-46-47-49-51-53-55-57-59-61-63-65-67-69-71-73-75-77-79-81-83-88(91)93-86-87(85-90)94-89(92)84-82-80-78-76-74-72-70-68-66-64-62-60-58-56-54-52-50-48-45-42-40-38-36-34-32-30-28-26-24-22-20-18-16-14-12-10-8-6-4-2/h6,8,12,14,18,20,24,26,30,32,36,38,42,45,87,90H,3-5,7,9-11,13,15-17,19,21-23,25,27-29,31,33-35,37,39-41,43-44,46-86H2,1-2H3/b8-6-,14-12-,20-18-,26-24-,32-30-,38-36-,45-42-. The second-order valence-electron chi connectivity index (χ2n) is 28.5. The molecule has 0 saturated carbocycles. The van der Waals surface area contributed by atoms with Crippen LogP contribution in [0.1, 0.15) is 450 Å². The van der Waals surface area contributed by atoms with Crippen LogP contribution in [0.15, 0.2) is 85.1 Å². The molecular weight excluding hydrogens is 1150 g/mol. The van der Waals surface area contributed by atoms with E-state index in [9.17, 15) is 14.7 Å². The maximum atomic E-state index is 12.4. The Balaban J connectivity index is 3.38. The second kappa shape index (κ2) is 84.3. The van der Waals surface area contributed by atoms with Crippen LogP contribution in [0.25, 0.3) is 0 Å². The monoisotopic (exact) mass is 1310 g/mol. The molecular formula is C89H162O5. The fourth-order valence-electron chi connectivity index (χ4n) is 13.0. The average molecular weight is 1310 g/mol. The van der Waals surface area contributed by atoms with E-state index >= 15 is 0 Å². The van der Waals surface area contributed by atoms with Gasteiger partial charge in [0.25, 0.3) is 0 Å². The van der Waals surface area contributed by atoms with Crippen LogP contribution in [-0.2, 0) is 19.1 Å². The zero-order chi connectivity index (χ0) is 67.5. The lowest BCUT2D eigenvalue weighted by Gasteiger charge is -2.15. The molecule has 0 rings (SSSR count). The number of carbonyl (C=O) groups is 2. The van der Waals surface area contributed by atoms with Gasteiger partial charge in [0.05, 0.1) is 6.61 Å². The molecule has 548 valence electrons. The van der Waals surface area contributed by atoms with Crippen LogP contribution in [0.5, 0.6) is 0 Å². The molecule has 0 radical (unpaired) electrons. The van der Waals surface area contributed by atoms with Crippen molar-refractivity contribution < 1.29 is 24.2 Å².